The van der Waals surface area contributed by atoms with Crippen molar-refractivity contribution in [1.82, 2.24) is 9.29 Å². The lowest BCUT2D eigenvalue weighted by molar-refractivity contribution is 0.423. The Kier molecular flexibility index (Phi) is 5.77. The Hall–Kier alpha value is -2.49. The van der Waals surface area contributed by atoms with Crippen LogP contribution < -0.4 is 4.72 Å². The van der Waals surface area contributed by atoms with E-state index in [4.69, 9.17) is 0 Å². The summed E-state index contributed by atoms with van der Waals surface area (Å²) in [6.45, 7) is 0.996. The monoisotopic (exact) mass is 445 g/mol. The molecule has 0 amide bonds. The average molecular weight is 446 g/mol. The number of anilines is 1. The quantitative estimate of drug-likeness (QED) is 0.647. The summed E-state index contributed by atoms with van der Waals surface area (Å²) in [4.78, 5) is 4.35. The second-order valence-electron chi connectivity index (χ2n) is 7.28. The van der Waals surface area contributed by atoms with E-state index in [9.17, 15) is 16.8 Å². The van der Waals surface area contributed by atoms with E-state index in [1.165, 1.54) is 28.6 Å². The van der Waals surface area contributed by atoms with Crippen molar-refractivity contribution >= 4 is 36.6 Å². The fourth-order valence-electron chi connectivity index (χ4n) is 3.61. The minimum atomic E-state index is -3.90. The maximum absolute atomic E-state index is 12.9. The van der Waals surface area contributed by atoms with Gasteiger partial charge < -0.3 is 0 Å². The molecule has 9 heteroatoms. The molecule has 0 unspecified atom stereocenters. The molecule has 1 aliphatic rings. The second kappa shape index (κ2) is 8.33. The Bertz CT molecular complexity index is 1240. The van der Waals surface area contributed by atoms with E-state index in [1.54, 1.807) is 24.4 Å². The molecular weight excluding hydrogens is 422 g/mol. The molecule has 0 bridgehead atoms. The Labute approximate surface area is 176 Å². The van der Waals surface area contributed by atoms with Crippen LogP contribution >= 0.6 is 0 Å². The predicted octanol–water partition coefficient (Wildman–Crippen LogP) is 3.60. The number of aromatic nitrogens is 1. The third-order valence-corrected chi connectivity index (χ3v) is 8.51. The van der Waals surface area contributed by atoms with Gasteiger partial charge in [-0.15, -0.1) is 0 Å². The molecule has 0 spiro atoms. The van der Waals surface area contributed by atoms with Crippen LogP contribution in [0.3, 0.4) is 0 Å². The molecule has 7 nitrogen and oxygen atoms in total. The van der Waals surface area contributed by atoms with Crippen LogP contribution in [0.25, 0.3) is 10.9 Å². The summed E-state index contributed by atoms with van der Waals surface area (Å²) >= 11 is 0. The van der Waals surface area contributed by atoms with Crippen molar-refractivity contribution in [3.63, 3.8) is 0 Å². The van der Waals surface area contributed by atoms with Gasteiger partial charge in [-0.1, -0.05) is 31.0 Å². The van der Waals surface area contributed by atoms with Gasteiger partial charge in [0.1, 0.15) is 0 Å². The summed E-state index contributed by atoms with van der Waals surface area (Å²) < 4.78 is 55.5. The number of para-hydroxylation sites is 1. The van der Waals surface area contributed by atoms with E-state index < -0.39 is 20.0 Å². The molecule has 0 radical (unpaired) electrons. The first-order valence-electron chi connectivity index (χ1n) is 9.85. The molecule has 1 aliphatic heterocycles. The van der Waals surface area contributed by atoms with Crippen LogP contribution in [0.4, 0.5) is 5.69 Å². The van der Waals surface area contributed by atoms with E-state index in [2.05, 4.69) is 9.71 Å². The van der Waals surface area contributed by atoms with Crippen LogP contribution in [0.15, 0.2) is 70.6 Å². The molecule has 4 rings (SSSR count). The largest absolute Gasteiger partial charge is 0.277 e. The van der Waals surface area contributed by atoms with Crippen molar-refractivity contribution in [3.8, 4) is 0 Å². The van der Waals surface area contributed by atoms with Gasteiger partial charge in [0.2, 0.25) is 10.0 Å². The Morgan fingerprint density at radius 2 is 1.40 bits per heavy atom. The van der Waals surface area contributed by atoms with Gasteiger partial charge in [-0.3, -0.25) is 9.71 Å². The normalized spacial score (nSPS) is 16.3. The summed E-state index contributed by atoms with van der Waals surface area (Å²) in [5.41, 5.74) is 0.915. The summed E-state index contributed by atoms with van der Waals surface area (Å²) in [5.74, 6) is 0. The van der Waals surface area contributed by atoms with Gasteiger partial charge in [0.05, 0.1) is 21.0 Å². The second-order valence-corrected chi connectivity index (χ2v) is 10.9. The molecule has 2 aromatic carbocycles. The van der Waals surface area contributed by atoms with E-state index in [0.29, 0.717) is 24.3 Å². The Morgan fingerprint density at radius 3 is 2.10 bits per heavy atom. The first-order chi connectivity index (χ1) is 14.4. The summed E-state index contributed by atoms with van der Waals surface area (Å²) in [7, 11) is -7.52. The third-order valence-electron chi connectivity index (χ3n) is 5.21. The van der Waals surface area contributed by atoms with Gasteiger partial charge in [0.25, 0.3) is 10.0 Å². The van der Waals surface area contributed by atoms with Gasteiger partial charge in [0.15, 0.2) is 0 Å². The van der Waals surface area contributed by atoms with Gasteiger partial charge in [0, 0.05) is 24.7 Å². The molecule has 1 fully saturated rings. The number of fused-ring (bicyclic) bond motifs is 1. The van der Waals surface area contributed by atoms with E-state index >= 15 is 0 Å². The molecule has 3 aromatic rings. The maximum Gasteiger partial charge on any atom is 0.261 e. The zero-order chi connectivity index (χ0) is 21.2. The summed E-state index contributed by atoms with van der Waals surface area (Å²) in [6, 6.07) is 14.2. The lowest BCUT2D eigenvalue weighted by Gasteiger charge is -2.20. The van der Waals surface area contributed by atoms with Gasteiger partial charge in [-0.2, -0.15) is 4.31 Å². The number of benzene rings is 2. The highest BCUT2D eigenvalue weighted by molar-refractivity contribution is 7.92. The van der Waals surface area contributed by atoms with Crippen molar-refractivity contribution in [2.24, 2.45) is 0 Å². The highest BCUT2D eigenvalue weighted by Gasteiger charge is 2.26. The van der Waals surface area contributed by atoms with Crippen LogP contribution in [0.2, 0.25) is 0 Å². The van der Waals surface area contributed by atoms with Crippen LogP contribution in [-0.2, 0) is 20.0 Å². The fourth-order valence-corrected chi connectivity index (χ4v) is 6.20. The topological polar surface area (TPSA) is 96.4 Å². The number of rotatable bonds is 5. The zero-order valence-electron chi connectivity index (χ0n) is 16.4. The first kappa shape index (κ1) is 20.8. The standard InChI is InChI=1S/C21H23N3O4S2/c25-29(26,23-20-9-5-7-17-8-6-14-22-21(17)20)18-10-12-19(13-11-18)30(27,28)24-15-3-1-2-4-16-24/h5-14,23H,1-4,15-16H2. The molecule has 0 aliphatic carbocycles. The van der Waals surface area contributed by atoms with Gasteiger partial charge >= 0.3 is 0 Å². The minimum Gasteiger partial charge on any atom is -0.277 e. The van der Waals surface area contributed by atoms with Crippen molar-refractivity contribution in [3.05, 3.63) is 60.8 Å². The maximum atomic E-state index is 12.9. The molecule has 0 atom stereocenters. The molecule has 1 saturated heterocycles. The molecule has 1 N–H and O–H groups in total. The van der Waals surface area contributed by atoms with Gasteiger partial charge in [-0.25, -0.2) is 16.8 Å². The number of pyridine rings is 1. The van der Waals surface area contributed by atoms with E-state index in [1.807, 2.05) is 12.1 Å². The summed E-state index contributed by atoms with van der Waals surface area (Å²) in [6.07, 6.45) is 5.34. The Balaban J connectivity index is 1.60. The third kappa shape index (κ3) is 4.19. The molecule has 1 aromatic heterocycles. The van der Waals surface area contributed by atoms with Gasteiger partial charge in [-0.05, 0) is 49.2 Å². The summed E-state index contributed by atoms with van der Waals surface area (Å²) in [5, 5.41) is 0.816. The van der Waals surface area contributed by atoms with E-state index in [0.717, 1.165) is 31.1 Å². The van der Waals surface area contributed by atoms with E-state index in [-0.39, 0.29) is 9.79 Å². The molecule has 2 heterocycles. The number of hydrogen-bond donors (Lipinski definition) is 1. The van der Waals surface area contributed by atoms with Crippen molar-refractivity contribution < 1.29 is 16.8 Å². The molecule has 30 heavy (non-hydrogen) atoms. The highest BCUT2D eigenvalue weighted by atomic mass is 32.2. The molecule has 0 saturated carbocycles. The van der Waals surface area contributed by atoms with Crippen molar-refractivity contribution in [2.45, 2.75) is 35.5 Å². The van der Waals surface area contributed by atoms with Crippen LogP contribution in [0.5, 0.6) is 0 Å². The lowest BCUT2D eigenvalue weighted by Crippen LogP contribution is -2.31. The fraction of sp³-hybridized carbons (Fsp3) is 0.286. The minimum absolute atomic E-state index is 0.00903. The first-order valence-corrected chi connectivity index (χ1v) is 12.8. The number of hydrogen-bond acceptors (Lipinski definition) is 5. The number of nitrogens with zero attached hydrogens (tertiary/aromatic N) is 2. The predicted molar refractivity (Wildman–Crippen MR) is 116 cm³/mol. The van der Waals surface area contributed by atoms with Crippen LogP contribution in [0.1, 0.15) is 25.7 Å². The molecule has 158 valence electrons. The average Bonchev–Trinajstić information content (AvgIpc) is 3.04. The smallest absolute Gasteiger partial charge is 0.261 e. The highest BCUT2D eigenvalue weighted by Crippen LogP contribution is 2.25. The Morgan fingerprint density at radius 1 is 0.767 bits per heavy atom. The number of sulfonamides is 2. The SMILES string of the molecule is O=S(=O)(Nc1cccc2cccnc12)c1ccc(S(=O)(=O)N2CCCCCC2)cc1. The van der Waals surface area contributed by atoms with Crippen LogP contribution in [0, 0.1) is 0 Å². The number of nitrogens with one attached hydrogen (secondary N) is 1. The molecular formula is C21H23N3O4S2. The van der Waals surface area contributed by atoms with Crippen LogP contribution in [-0.4, -0.2) is 39.2 Å². The van der Waals surface area contributed by atoms with Crippen molar-refractivity contribution in [2.75, 3.05) is 17.8 Å². The zero-order valence-corrected chi connectivity index (χ0v) is 18.0. The lowest BCUT2D eigenvalue weighted by atomic mass is 10.2. The van der Waals surface area contributed by atoms with Crippen molar-refractivity contribution in [1.29, 1.82) is 0 Å².